The number of nitrogens with zero attached hydrogens (tertiary/aromatic N) is 3. The van der Waals surface area contributed by atoms with Crippen molar-refractivity contribution in [2.75, 3.05) is 10.8 Å². The fourth-order valence-corrected chi connectivity index (χ4v) is 4.02. The third-order valence-electron chi connectivity index (χ3n) is 4.11. The number of aromatic nitrogens is 1. The summed E-state index contributed by atoms with van der Waals surface area (Å²) in [6.45, 7) is -0.516. The van der Waals surface area contributed by atoms with Gasteiger partial charge in [0.05, 0.1) is 28.6 Å². The molecule has 0 spiro atoms. The normalized spacial score (nSPS) is 11.2. The Morgan fingerprint density at radius 2 is 1.74 bits per heavy atom. The van der Waals surface area contributed by atoms with Crippen LogP contribution < -0.4 is 9.73 Å². The van der Waals surface area contributed by atoms with Crippen molar-refractivity contribution < 1.29 is 23.1 Å². The lowest BCUT2D eigenvalue weighted by Gasteiger charge is -2.23. The van der Waals surface area contributed by atoms with E-state index < -0.39 is 28.4 Å². The molecule has 1 aromatic heterocycles. The molecule has 0 bridgehead atoms. The molecule has 0 aliphatic rings. The van der Waals surface area contributed by atoms with E-state index in [4.69, 9.17) is 5.11 Å². The number of carboxylic acid groups (broad SMARTS) is 1. The summed E-state index contributed by atoms with van der Waals surface area (Å²) in [5.41, 5.74) is 3.20. The van der Waals surface area contributed by atoms with Gasteiger partial charge in [-0.2, -0.15) is 5.10 Å². The summed E-state index contributed by atoms with van der Waals surface area (Å²) in [4.78, 5) is 27.2. The molecule has 0 saturated heterocycles. The standard InChI is InChI=1S/C21H18N4O5S/c26-20(24-23-13-16-8-10-17(11-9-16)21(27)28)15-25(18-5-4-12-22-14-18)31(29,30)19-6-2-1-3-7-19/h1-14H,15H2,(H,24,26)(H,27,28)/b23-13-. The van der Waals surface area contributed by atoms with E-state index in [1.807, 2.05) is 0 Å². The van der Waals surface area contributed by atoms with E-state index in [-0.39, 0.29) is 16.1 Å². The van der Waals surface area contributed by atoms with Crippen LogP contribution in [0.2, 0.25) is 0 Å². The van der Waals surface area contributed by atoms with Crippen LogP contribution >= 0.6 is 0 Å². The number of aromatic carboxylic acids is 1. The SMILES string of the molecule is O=C(CN(c1cccnc1)S(=O)(=O)c1ccccc1)N/N=C\c1ccc(C(=O)O)cc1. The summed E-state index contributed by atoms with van der Waals surface area (Å²) < 4.78 is 27.1. The molecule has 2 N–H and O–H groups in total. The van der Waals surface area contributed by atoms with Crippen LogP contribution in [0.1, 0.15) is 15.9 Å². The largest absolute Gasteiger partial charge is 0.478 e. The maximum atomic E-state index is 13.1. The van der Waals surface area contributed by atoms with Gasteiger partial charge in [-0.05, 0) is 42.0 Å². The second kappa shape index (κ2) is 9.63. The minimum atomic E-state index is -4.01. The van der Waals surface area contributed by atoms with Gasteiger partial charge in [0, 0.05) is 6.20 Å². The quantitative estimate of drug-likeness (QED) is 0.409. The lowest BCUT2D eigenvalue weighted by atomic mass is 10.1. The zero-order valence-corrected chi connectivity index (χ0v) is 16.9. The minimum Gasteiger partial charge on any atom is -0.478 e. The predicted molar refractivity (Wildman–Crippen MR) is 114 cm³/mol. The summed E-state index contributed by atoms with van der Waals surface area (Å²) in [5, 5.41) is 12.7. The third-order valence-corrected chi connectivity index (χ3v) is 5.90. The van der Waals surface area contributed by atoms with Gasteiger partial charge >= 0.3 is 5.97 Å². The maximum absolute atomic E-state index is 13.1. The number of rotatable bonds is 8. The van der Waals surface area contributed by atoms with Crippen molar-refractivity contribution in [3.8, 4) is 0 Å². The highest BCUT2D eigenvalue weighted by atomic mass is 32.2. The summed E-state index contributed by atoms with van der Waals surface area (Å²) in [7, 11) is -4.01. The maximum Gasteiger partial charge on any atom is 0.335 e. The highest BCUT2D eigenvalue weighted by Gasteiger charge is 2.27. The Bertz CT molecular complexity index is 1180. The van der Waals surface area contributed by atoms with E-state index >= 15 is 0 Å². The van der Waals surface area contributed by atoms with Crippen molar-refractivity contribution in [3.05, 3.63) is 90.3 Å². The molecule has 9 nitrogen and oxygen atoms in total. The number of hydrazone groups is 1. The number of anilines is 1. The van der Waals surface area contributed by atoms with E-state index in [1.165, 1.54) is 61.1 Å². The highest BCUT2D eigenvalue weighted by Crippen LogP contribution is 2.22. The number of benzene rings is 2. The molecule has 31 heavy (non-hydrogen) atoms. The third kappa shape index (κ3) is 5.52. The van der Waals surface area contributed by atoms with Gasteiger partial charge in [-0.25, -0.2) is 18.6 Å². The van der Waals surface area contributed by atoms with E-state index in [1.54, 1.807) is 24.3 Å². The Morgan fingerprint density at radius 1 is 1.03 bits per heavy atom. The number of hydrogen-bond donors (Lipinski definition) is 2. The first-order valence-corrected chi connectivity index (χ1v) is 10.4. The number of amides is 1. The van der Waals surface area contributed by atoms with E-state index in [0.717, 1.165) is 4.31 Å². The summed E-state index contributed by atoms with van der Waals surface area (Å²) in [6, 6.07) is 16.7. The number of nitrogens with one attached hydrogen (secondary N) is 1. The number of hydrogen-bond acceptors (Lipinski definition) is 6. The first-order chi connectivity index (χ1) is 14.9. The molecule has 0 unspecified atom stereocenters. The Balaban J connectivity index is 1.75. The molecule has 0 aliphatic heterocycles. The van der Waals surface area contributed by atoms with Gasteiger partial charge in [0.2, 0.25) is 0 Å². The average molecular weight is 438 g/mol. The molecule has 158 valence electrons. The number of pyridine rings is 1. The van der Waals surface area contributed by atoms with Gasteiger partial charge in [-0.15, -0.1) is 0 Å². The minimum absolute atomic E-state index is 0.0358. The van der Waals surface area contributed by atoms with Crippen LogP contribution in [0.4, 0.5) is 5.69 Å². The van der Waals surface area contributed by atoms with Crippen molar-refractivity contribution in [2.24, 2.45) is 5.10 Å². The molecule has 0 radical (unpaired) electrons. The van der Waals surface area contributed by atoms with Crippen LogP contribution in [-0.4, -0.2) is 43.1 Å². The molecule has 0 fully saturated rings. The van der Waals surface area contributed by atoms with Gasteiger partial charge in [0.25, 0.3) is 15.9 Å². The average Bonchev–Trinajstić information content (AvgIpc) is 2.79. The van der Waals surface area contributed by atoms with Crippen LogP contribution in [0.3, 0.4) is 0 Å². The van der Waals surface area contributed by atoms with Gasteiger partial charge in [-0.1, -0.05) is 30.3 Å². The lowest BCUT2D eigenvalue weighted by Crippen LogP contribution is -2.39. The molecule has 0 aliphatic carbocycles. The second-order valence-electron chi connectivity index (χ2n) is 6.26. The fraction of sp³-hybridized carbons (Fsp3) is 0.0476. The van der Waals surface area contributed by atoms with Crippen LogP contribution in [0, 0.1) is 0 Å². The molecule has 2 aromatic carbocycles. The smallest absolute Gasteiger partial charge is 0.335 e. The first kappa shape index (κ1) is 21.7. The van der Waals surface area contributed by atoms with Gasteiger partial charge in [-0.3, -0.25) is 14.1 Å². The molecule has 1 heterocycles. The molecular formula is C21H18N4O5S. The monoisotopic (exact) mass is 438 g/mol. The molecule has 0 atom stereocenters. The van der Waals surface area contributed by atoms with E-state index in [9.17, 15) is 18.0 Å². The summed E-state index contributed by atoms with van der Waals surface area (Å²) >= 11 is 0. The molecular weight excluding hydrogens is 420 g/mol. The van der Waals surface area contributed by atoms with Crippen molar-refractivity contribution in [3.63, 3.8) is 0 Å². The Kier molecular flexibility index (Phi) is 6.73. The highest BCUT2D eigenvalue weighted by molar-refractivity contribution is 7.92. The van der Waals surface area contributed by atoms with Crippen molar-refractivity contribution in [1.29, 1.82) is 0 Å². The Hall–Kier alpha value is -4.05. The number of carbonyl (C=O) groups excluding carboxylic acids is 1. The molecule has 3 aromatic rings. The molecule has 3 rings (SSSR count). The zero-order chi connectivity index (χ0) is 22.3. The van der Waals surface area contributed by atoms with Crippen LogP contribution in [-0.2, 0) is 14.8 Å². The van der Waals surface area contributed by atoms with E-state index in [2.05, 4.69) is 15.5 Å². The fourth-order valence-electron chi connectivity index (χ4n) is 2.59. The van der Waals surface area contributed by atoms with Crippen molar-refractivity contribution in [2.45, 2.75) is 4.90 Å². The number of carbonyl (C=O) groups is 2. The number of carboxylic acids is 1. The van der Waals surface area contributed by atoms with Gasteiger partial charge < -0.3 is 5.11 Å². The van der Waals surface area contributed by atoms with Gasteiger partial charge in [0.15, 0.2) is 0 Å². The predicted octanol–water partition coefficient (Wildman–Crippen LogP) is 2.13. The summed E-state index contributed by atoms with van der Waals surface area (Å²) in [5.74, 6) is -1.71. The van der Waals surface area contributed by atoms with Crippen LogP contribution in [0.5, 0.6) is 0 Å². The Labute approximate surface area is 178 Å². The lowest BCUT2D eigenvalue weighted by molar-refractivity contribution is -0.119. The summed E-state index contributed by atoms with van der Waals surface area (Å²) in [6.07, 6.45) is 4.17. The second-order valence-corrected chi connectivity index (χ2v) is 8.12. The molecule has 1 amide bonds. The molecule has 0 saturated carbocycles. The van der Waals surface area contributed by atoms with Crippen molar-refractivity contribution in [1.82, 2.24) is 10.4 Å². The van der Waals surface area contributed by atoms with Crippen LogP contribution in [0.25, 0.3) is 0 Å². The molecule has 10 heteroatoms. The first-order valence-electron chi connectivity index (χ1n) is 9.01. The van der Waals surface area contributed by atoms with Crippen molar-refractivity contribution >= 4 is 33.8 Å². The van der Waals surface area contributed by atoms with Crippen LogP contribution in [0.15, 0.2) is 89.1 Å². The Morgan fingerprint density at radius 3 is 2.35 bits per heavy atom. The number of sulfonamides is 1. The van der Waals surface area contributed by atoms with E-state index in [0.29, 0.717) is 5.56 Å². The topological polar surface area (TPSA) is 129 Å². The zero-order valence-electron chi connectivity index (χ0n) is 16.1. The van der Waals surface area contributed by atoms with Gasteiger partial charge in [0.1, 0.15) is 6.54 Å².